The standard InChI is InChI=1S/C18H14ClN3O/c1-12(23)13-4-8-16(9-5-13)21-18-20-11-10-17(22-18)14-2-6-15(19)7-3-14/h2-11H,1H3,(H,20,21,22). The van der Waals surface area contributed by atoms with Crippen LogP contribution in [0.3, 0.4) is 0 Å². The van der Waals surface area contributed by atoms with Crippen LogP contribution in [0.25, 0.3) is 11.3 Å². The second-order valence-electron chi connectivity index (χ2n) is 5.03. The highest BCUT2D eigenvalue weighted by molar-refractivity contribution is 6.30. The Morgan fingerprint density at radius 1 is 1.00 bits per heavy atom. The van der Waals surface area contributed by atoms with Crippen LogP contribution in [0.1, 0.15) is 17.3 Å². The molecule has 4 nitrogen and oxygen atoms in total. The predicted octanol–water partition coefficient (Wildman–Crippen LogP) is 4.74. The van der Waals surface area contributed by atoms with Gasteiger partial charge in [0.05, 0.1) is 5.69 Å². The van der Waals surface area contributed by atoms with Crippen molar-refractivity contribution in [2.75, 3.05) is 5.32 Å². The molecule has 1 heterocycles. The number of Topliss-reactive ketones (excluding diaryl/α,β-unsaturated/α-hetero) is 1. The van der Waals surface area contributed by atoms with Gasteiger partial charge in [-0.1, -0.05) is 23.7 Å². The van der Waals surface area contributed by atoms with Crippen molar-refractivity contribution in [3.63, 3.8) is 0 Å². The molecule has 0 amide bonds. The van der Waals surface area contributed by atoms with Gasteiger partial charge >= 0.3 is 0 Å². The van der Waals surface area contributed by atoms with E-state index in [0.717, 1.165) is 16.9 Å². The SMILES string of the molecule is CC(=O)c1ccc(Nc2nccc(-c3ccc(Cl)cc3)n2)cc1. The van der Waals surface area contributed by atoms with Gasteiger partial charge in [0.2, 0.25) is 5.95 Å². The minimum atomic E-state index is 0.0394. The molecule has 0 atom stereocenters. The largest absolute Gasteiger partial charge is 0.324 e. The molecule has 0 unspecified atom stereocenters. The Morgan fingerprint density at radius 2 is 1.70 bits per heavy atom. The maximum Gasteiger partial charge on any atom is 0.227 e. The zero-order valence-electron chi connectivity index (χ0n) is 12.5. The van der Waals surface area contributed by atoms with Gasteiger partial charge in [0.15, 0.2) is 5.78 Å². The highest BCUT2D eigenvalue weighted by atomic mass is 35.5. The first-order valence-electron chi connectivity index (χ1n) is 7.09. The number of hydrogen-bond donors (Lipinski definition) is 1. The van der Waals surface area contributed by atoms with E-state index in [1.165, 1.54) is 0 Å². The van der Waals surface area contributed by atoms with Crippen LogP contribution >= 0.6 is 11.6 Å². The normalized spacial score (nSPS) is 10.3. The summed E-state index contributed by atoms with van der Waals surface area (Å²) in [5.41, 5.74) is 3.26. The van der Waals surface area contributed by atoms with Crippen LogP contribution in [0.2, 0.25) is 5.02 Å². The topological polar surface area (TPSA) is 54.9 Å². The van der Waals surface area contributed by atoms with Gasteiger partial charge in [0, 0.05) is 28.0 Å². The van der Waals surface area contributed by atoms with E-state index >= 15 is 0 Å². The number of benzene rings is 2. The first-order chi connectivity index (χ1) is 11.1. The quantitative estimate of drug-likeness (QED) is 0.704. The highest BCUT2D eigenvalue weighted by Crippen LogP contribution is 2.21. The molecule has 3 rings (SSSR count). The zero-order chi connectivity index (χ0) is 16.2. The third kappa shape index (κ3) is 3.73. The molecule has 1 aromatic heterocycles. The number of anilines is 2. The fourth-order valence-corrected chi connectivity index (χ4v) is 2.24. The molecule has 0 saturated heterocycles. The molecular weight excluding hydrogens is 310 g/mol. The van der Waals surface area contributed by atoms with E-state index in [-0.39, 0.29) is 5.78 Å². The van der Waals surface area contributed by atoms with Crippen LogP contribution in [0.15, 0.2) is 60.8 Å². The average molecular weight is 324 g/mol. The minimum Gasteiger partial charge on any atom is -0.324 e. The third-order valence-electron chi connectivity index (χ3n) is 3.34. The Morgan fingerprint density at radius 3 is 2.35 bits per heavy atom. The number of rotatable bonds is 4. The van der Waals surface area contributed by atoms with Crippen molar-refractivity contribution in [1.29, 1.82) is 0 Å². The summed E-state index contributed by atoms with van der Waals surface area (Å²) in [7, 11) is 0. The van der Waals surface area contributed by atoms with E-state index in [0.29, 0.717) is 16.5 Å². The molecule has 5 heteroatoms. The maximum absolute atomic E-state index is 11.3. The van der Waals surface area contributed by atoms with E-state index in [1.54, 1.807) is 25.3 Å². The van der Waals surface area contributed by atoms with Crippen molar-refractivity contribution >= 4 is 29.0 Å². The minimum absolute atomic E-state index is 0.0394. The molecule has 114 valence electrons. The third-order valence-corrected chi connectivity index (χ3v) is 3.60. The van der Waals surface area contributed by atoms with Crippen molar-refractivity contribution < 1.29 is 4.79 Å². The monoisotopic (exact) mass is 323 g/mol. The molecule has 0 spiro atoms. The Kier molecular flexibility index (Phi) is 4.35. The number of hydrogen-bond acceptors (Lipinski definition) is 4. The van der Waals surface area contributed by atoms with Gasteiger partial charge in [-0.3, -0.25) is 4.79 Å². The smallest absolute Gasteiger partial charge is 0.227 e. The molecular formula is C18H14ClN3O. The van der Waals surface area contributed by atoms with Gasteiger partial charge in [0.1, 0.15) is 0 Å². The molecule has 0 aliphatic rings. The van der Waals surface area contributed by atoms with Gasteiger partial charge in [-0.15, -0.1) is 0 Å². The molecule has 0 fully saturated rings. The summed E-state index contributed by atoms with van der Waals surface area (Å²) in [6, 6.07) is 16.5. The summed E-state index contributed by atoms with van der Waals surface area (Å²) in [6.45, 7) is 1.54. The highest BCUT2D eigenvalue weighted by Gasteiger charge is 2.04. The van der Waals surface area contributed by atoms with Crippen molar-refractivity contribution in [2.24, 2.45) is 0 Å². The maximum atomic E-state index is 11.3. The first kappa shape index (κ1) is 15.2. The number of ketones is 1. The fraction of sp³-hybridized carbons (Fsp3) is 0.0556. The van der Waals surface area contributed by atoms with E-state index in [1.807, 2.05) is 42.5 Å². The van der Waals surface area contributed by atoms with Crippen LogP contribution in [-0.4, -0.2) is 15.8 Å². The Hall–Kier alpha value is -2.72. The van der Waals surface area contributed by atoms with Crippen LogP contribution in [0.4, 0.5) is 11.6 Å². The lowest BCUT2D eigenvalue weighted by atomic mass is 10.1. The number of carbonyl (C=O) groups is 1. The second-order valence-corrected chi connectivity index (χ2v) is 5.47. The van der Waals surface area contributed by atoms with Gasteiger partial charge in [-0.05, 0) is 49.4 Å². The molecule has 0 saturated carbocycles. The summed E-state index contributed by atoms with van der Waals surface area (Å²) in [5, 5.41) is 3.82. The van der Waals surface area contributed by atoms with E-state index < -0.39 is 0 Å². The van der Waals surface area contributed by atoms with Gasteiger partial charge in [-0.25, -0.2) is 9.97 Å². The van der Waals surface area contributed by atoms with E-state index in [9.17, 15) is 4.79 Å². The van der Waals surface area contributed by atoms with Crippen molar-refractivity contribution in [1.82, 2.24) is 9.97 Å². The average Bonchev–Trinajstić information content (AvgIpc) is 2.56. The Labute approximate surface area is 139 Å². The molecule has 2 aromatic carbocycles. The molecule has 0 aliphatic carbocycles. The number of nitrogens with one attached hydrogen (secondary N) is 1. The number of aromatic nitrogens is 2. The molecule has 3 aromatic rings. The summed E-state index contributed by atoms with van der Waals surface area (Å²) < 4.78 is 0. The van der Waals surface area contributed by atoms with Crippen LogP contribution in [-0.2, 0) is 0 Å². The summed E-state index contributed by atoms with van der Waals surface area (Å²) in [5.74, 6) is 0.533. The van der Waals surface area contributed by atoms with Gasteiger partial charge in [0.25, 0.3) is 0 Å². The summed E-state index contributed by atoms with van der Waals surface area (Å²) in [4.78, 5) is 20.0. The zero-order valence-corrected chi connectivity index (χ0v) is 13.2. The van der Waals surface area contributed by atoms with Crippen LogP contribution in [0.5, 0.6) is 0 Å². The first-order valence-corrected chi connectivity index (χ1v) is 7.46. The van der Waals surface area contributed by atoms with Gasteiger partial charge < -0.3 is 5.32 Å². The van der Waals surface area contributed by atoms with Crippen molar-refractivity contribution in [2.45, 2.75) is 6.92 Å². The van der Waals surface area contributed by atoms with Crippen molar-refractivity contribution in [3.05, 3.63) is 71.4 Å². The van der Waals surface area contributed by atoms with Crippen LogP contribution < -0.4 is 5.32 Å². The number of halogens is 1. The molecule has 0 aliphatic heterocycles. The van der Waals surface area contributed by atoms with Crippen LogP contribution in [0, 0.1) is 0 Å². The second kappa shape index (κ2) is 6.58. The lowest BCUT2D eigenvalue weighted by Gasteiger charge is -2.07. The van der Waals surface area contributed by atoms with Gasteiger partial charge in [-0.2, -0.15) is 0 Å². The predicted molar refractivity (Wildman–Crippen MR) is 92.2 cm³/mol. The number of carbonyl (C=O) groups excluding carboxylic acids is 1. The molecule has 0 bridgehead atoms. The molecule has 1 N–H and O–H groups in total. The van der Waals surface area contributed by atoms with E-state index in [4.69, 9.17) is 11.6 Å². The fourth-order valence-electron chi connectivity index (χ4n) is 2.12. The Bertz CT molecular complexity index is 830. The lowest BCUT2D eigenvalue weighted by molar-refractivity contribution is 0.101. The Balaban J connectivity index is 1.82. The summed E-state index contributed by atoms with van der Waals surface area (Å²) in [6.07, 6.45) is 1.70. The van der Waals surface area contributed by atoms with E-state index in [2.05, 4.69) is 15.3 Å². The molecule has 23 heavy (non-hydrogen) atoms. The lowest BCUT2D eigenvalue weighted by Crippen LogP contribution is -1.98. The van der Waals surface area contributed by atoms with Crippen molar-refractivity contribution in [3.8, 4) is 11.3 Å². The number of nitrogens with zero attached hydrogens (tertiary/aromatic N) is 2. The summed E-state index contributed by atoms with van der Waals surface area (Å²) >= 11 is 5.90. The molecule has 0 radical (unpaired) electrons.